The fourth-order valence-corrected chi connectivity index (χ4v) is 1.72. The molecule has 80 valence electrons. The first kappa shape index (κ1) is 10.2. The summed E-state index contributed by atoms with van der Waals surface area (Å²) < 4.78 is 2.09. The molecule has 0 aliphatic rings. The highest BCUT2D eigenvalue weighted by Gasteiger charge is 2.20. The van der Waals surface area contributed by atoms with Gasteiger partial charge in [0.25, 0.3) is 0 Å². The molecule has 3 nitrogen and oxygen atoms in total. The molecule has 1 aromatic carbocycles. The number of aryl methyl sites for hydroxylation is 1. The number of nitrogens with zero attached hydrogens (tertiary/aromatic N) is 1. The van der Waals surface area contributed by atoms with Crippen molar-refractivity contribution in [3.63, 3.8) is 0 Å². The smallest absolute Gasteiger partial charge is 0.109 e. The van der Waals surface area contributed by atoms with E-state index in [2.05, 4.69) is 28.8 Å². The number of aromatic nitrogens is 1. The Hall–Kier alpha value is -1.32. The summed E-state index contributed by atoms with van der Waals surface area (Å²) in [5.41, 5.74) is 1.86. The number of benzene rings is 1. The summed E-state index contributed by atoms with van der Waals surface area (Å²) in [6.07, 6.45) is 2.05. The summed E-state index contributed by atoms with van der Waals surface area (Å²) in [5, 5.41) is 1.21. The fraction of sp³-hybridized carbons (Fsp3) is 0.333. The van der Waals surface area contributed by atoms with Crippen molar-refractivity contribution in [3.05, 3.63) is 36.0 Å². The van der Waals surface area contributed by atoms with Crippen LogP contribution in [0.2, 0.25) is 0 Å². The maximum atomic E-state index is 5.28. The first-order valence-electron chi connectivity index (χ1n) is 4.98. The Morgan fingerprint density at radius 1 is 1.27 bits per heavy atom. The molecule has 0 radical (unpaired) electrons. The first-order chi connectivity index (χ1) is 7.04. The largest absolute Gasteiger partial charge is 0.351 e. The van der Waals surface area contributed by atoms with Gasteiger partial charge in [0, 0.05) is 18.8 Å². The number of nitrogens with two attached hydrogens (primary N) is 1. The third-order valence-electron chi connectivity index (χ3n) is 2.88. The number of hydrogen-bond acceptors (Lipinski definition) is 2. The molecule has 0 unspecified atom stereocenters. The van der Waals surface area contributed by atoms with Crippen LogP contribution in [0.25, 0.3) is 10.9 Å². The van der Waals surface area contributed by atoms with Gasteiger partial charge in [0.05, 0.1) is 0 Å². The molecule has 3 heteroatoms. The van der Waals surface area contributed by atoms with E-state index >= 15 is 0 Å². The predicted octanol–water partition coefficient (Wildman–Crippen LogP) is 2.30. The lowest BCUT2D eigenvalue weighted by atomic mass is 9.97. The molecule has 0 aliphatic heterocycles. The molecule has 1 aromatic heterocycles. The Balaban J connectivity index is 2.57. The highest BCUT2D eigenvalue weighted by molar-refractivity contribution is 5.81. The fourth-order valence-electron chi connectivity index (χ4n) is 1.72. The van der Waals surface area contributed by atoms with Crippen LogP contribution in [-0.2, 0) is 17.5 Å². The van der Waals surface area contributed by atoms with Gasteiger partial charge < -0.3 is 4.57 Å². The molecule has 0 bridgehead atoms. The van der Waals surface area contributed by atoms with Gasteiger partial charge in [0.1, 0.15) is 5.60 Å². The third kappa shape index (κ3) is 1.64. The minimum Gasteiger partial charge on any atom is -0.351 e. The van der Waals surface area contributed by atoms with Gasteiger partial charge in [-0.25, -0.2) is 5.90 Å². The van der Waals surface area contributed by atoms with Crippen molar-refractivity contribution in [1.82, 2.24) is 4.57 Å². The molecule has 2 N–H and O–H groups in total. The second-order valence-electron chi connectivity index (χ2n) is 4.33. The van der Waals surface area contributed by atoms with Crippen molar-refractivity contribution in [1.29, 1.82) is 0 Å². The van der Waals surface area contributed by atoms with E-state index in [9.17, 15) is 0 Å². The second kappa shape index (κ2) is 3.36. The molecule has 0 amide bonds. The molecule has 1 heterocycles. The average molecular weight is 204 g/mol. The van der Waals surface area contributed by atoms with Crippen LogP contribution in [0.3, 0.4) is 0 Å². The van der Waals surface area contributed by atoms with Crippen molar-refractivity contribution in [2.45, 2.75) is 19.4 Å². The molecule has 0 saturated heterocycles. The highest BCUT2D eigenvalue weighted by atomic mass is 16.6. The standard InChI is InChI=1S/C12H16N2O/c1-12(2,15-13)10-4-5-11-9(8-10)6-7-14(11)3/h4-8H,13H2,1-3H3. The number of rotatable bonds is 2. The third-order valence-corrected chi connectivity index (χ3v) is 2.88. The van der Waals surface area contributed by atoms with Gasteiger partial charge in [0.2, 0.25) is 0 Å². The van der Waals surface area contributed by atoms with Crippen LogP contribution in [0.15, 0.2) is 30.5 Å². The summed E-state index contributed by atoms with van der Waals surface area (Å²) in [5.74, 6) is 5.28. The van der Waals surface area contributed by atoms with E-state index in [0.717, 1.165) is 5.56 Å². The van der Waals surface area contributed by atoms with E-state index in [0.29, 0.717) is 0 Å². The molecule has 15 heavy (non-hydrogen) atoms. The van der Waals surface area contributed by atoms with Crippen LogP contribution in [0, 0.1) is 0 Å². The molecule has 0 fully saturated rings. The summed E-state index contributed by atoms with van der Waals surface area (Å²) in [4.78, 5) is 4.97. The highest BCUT2D eigenvalue weighted by Crippen LogP contribution is 2.26. The van der Waals surface area contributed by atoms with Crippen LogP contribution in [0.4, 0.5) is 0 Å². The maximum Gasteiger partial charge on any atom is 0.109 e. The number of fused-ring (bicyclic) bond motifs is 1. The van der Waals surface area contributed by atoms with Crippen molar-refractivity contribution >= 4 is 10.9 Å². The number of hydrogen-bond donors (Lipinski definition) is 1. The van der Waals surface area contributed by atoms with Gasteiger partial charge in [-0.3, -0.25) is 4.84 Å². The zero-order valence-corrected chi connectivity index (χ0v) is 9.32. The van der Waals surface area contributed by atoms with E-state index in [4.69, 9.17) is 10.7 Å². The SMILES string of the molecule is Cn1ccc2cc(C(C)(C)ON)ccc21. The minimum atomic E-state index is -0.440. The minimum absolute atomic E-state index is 0.440. The van der Waals surface area contributed by atoms with E-state index < -0.39 is 5.60 Å². The van der Waals surface area contributed by atoms with Crippen molar-refractivity contribution in [2.75, 3.05) is 0 Å². The second-order valence-corrected chi connectivity index (χ2v) is 4.33. The van der Waals surface area contributed by atoms with Crippen molar-refractivity contribution in [3.8, 4) is 0 Å². The van der Waals surface area contributed by atoms with Crippen LogP contribution >= 0.6 is 0 Å². The molecular weight excluding hydrogens is 188 g/mol. The van der Waals surface area contributed by atoms with Crippen LogP contribution < -0.4 is 5.90 Å². The molecule has 0 aliphatic carbocycles. The molecule has 0 spiro atoms. The quantitative estimate of drug-likeness (QED) is 0.762. The Labute approximate surface area is 89.4 Å². The van der Waals surface area contributed by atoms with E-state index in [1.54, 1.807) is 0 Å². The molecule has 0 atom stereocenters. The van der Waals surface area contributed by atoms with Gasteiger partial charge in [-0.1, -0.05) is 6.07 Å². The van der Waals surface area contributed by atoms with Gasteiger partial charge in [-0.15, -0.1) is 0 Å². The lowest BCUT2D eigenvalue weighted by Gasteiger charge is -2.22. The Bertz CT molecular complexity index is 485. The van der Waals surface area contributed by atoms with Gasteiger partial charge in [0.15, 0.2) is 0 Å². The molecule has 2 rings (SSSR count). The van der Waals surface area contributed by atoms with Gasteiger partial charge in [-0.2, -0.15) is 0 Å². The molecular formula is C12H16N2O. The van der Waals surface area contributed by atoms with Crippen molar-refractivity contribution in [2.24, 2.45) is 12.9 Å². The summed E-state index contributed by atoms with van der Waals surface area (Å²) in [6.45, 7) is 3.91. The zero-order chi connectivity index (χ0) is 11.1. The lowest BCUT2D eigenvalue weighted by Crippen LogP contribution is -2.25. The van der Waals surface area contributed by atoms with Crippen LogP contribution in [0.1, 0.15) is 19.4 Å². The Morgan fingerprint density at radius 3 is 2.67 bits per heavy atom. The maximum absolute atomic E-state index is 5.28. The average Bonchev–Trinajstić information content (AvgIpc) is 2.60. The molecule has 2 aromatic rings. The first-order valence-corrected chi connectivity index (χ1v) is 4.98. The van der Waals surface area contributed by atoms with E-state index in [1.807, 2.05) is 27.1 Å². The lowest BCUT2D eigenvalue weighted by molar-refractivity contribution is -0.0235. The van der Waals surface area contributed by atoms with Crippen LogP contribution in [-0.4, -0.2) is 4.57 Å². The monoisotopic (exact) mass is 204 g/mol. The van der Waals surface area contributed by atoms with E-state index in [1.165, 1.54) is 10.9 Å². The topological polar surface area (TPSA) is 40.2 Å². The van der Waals surface area contributed by atoms with Crippen LogP contribution in [0.5, 0.6) is 0 Å². The zero-order valence-electron chi connectivity index (χ0n) is 9.32. The predicted molar refractivity (Wildman–Crippen MR) is 61.2 cm³/mol. The summed E-state index contributed by atoms with van der Waals surface area (Å²) in [7, 11) is 2.03. The molecule has 0 saturated carbocycles. The van der Waals surface area contributed by atoms with Gasteiger partial charge >= 0.3 is 0 Å². The van der Waals surface area contributed by atoms with E-state index in [-0.39, 0.29) is 0 Å². The Morgan fingerprint density at radius 2 is 2.00 bits per heavy atom. The van der Waals surface area contributed by atoms with Gasteiger partial charge in [-0.05, 0) is 43.0 Å². The summed E-state index contributed by atoms with van der Waals surface area (Å²) >= 11 is 0. The Kier molecular flexibility index (Phi) is 2.29. The van der Waals surface area contributed by atoms with Crippen molar-refractivity contribution < 1.29 is 4.84 Å². The normalized spacial score (nSPS) is 12.3. The summed E-state index contributed by atoms with van der Waals surface area (Å²) in [6, 6.07) is 8.34.